The maximum absolute atomic E-state index is 12.2. The molecule has 0 bridgehead atoms. The second-order valence-electron chi connectivity index (χ2n) is 7.29. The highest BCUT2D eigenvalue weighted by atomic mass is 16.1. The summed E-state index contributed by atoms with van der Waals surface area (Å²) in [5, 5.41) is 0. The first kappa shape index (κ1) is 14.6. The van der Waals surface area contributed by atoms with E-state index in [2.05, 4.69) is 42.7 Å². The summed E-state index contributed by atoms with van der Waals surface area (Å²) < 4.78 is 0. The number of Topliss-reactive ketones (excluding diaryl/α,β-unsaturated/α-hetero) is 1. The minimum atomic E-state index is 0.00493. The Morgan fingerprint density at radius 2 is 2.00 bits per heavy atom. The van der Waals surface area contributed by atoms with E-state index in [0.29, 0.717) is 6.42 Å². The van der Waals surface area contributed by atoms with E-state index >= 15 is 0 Å². The highest BCUT2D eigenvalue weighted by Crippen LogP contribution is 2.34. The predicted molar refractivity (Wildman–Crippen MR) is 81.3 cm³/mol. The molecular formula is C16H24N4O. The Labute approximate surface area is 126 Å². The molecule has 1 saturated heterocycles. The van der Waals surface area contributed by atoms with Crippen molar-refractivity contribution < 1.29 is 4.79 Å². The van der Waals surface area contributed by atoms with Crippen LogP contribution in [-0.2, 0) is 6.42 Å². The van der Waals surface area contributed by atoms with Crippen LogP contribution in [0.5, 0.6) is 0 Å². The second kappa shape index (κ2) is 5.14. The summed E-state index contributed by atoms with van der Waals surface area (Å²) in [6, 6.07) is 0.217. The van der Waals surface area contributed by atoms with Crippen LogP contribution in [0.2, 0.25) is 0 Å². The first-order valence-electron chi connectivity index (χ1n) is 7.63. The average Bonchev–Trinajstić information content (AvgIpc) is 2.39. The Bertz CT molecular complexity index is 569. The van der Waals surface area contributed by atoms with Crippen LogP contribution < -0.4 is 0 Å². The number of piperazine rings is 1. The van der Waals surface area contributed by atoms with Gasteiger partial charge in [0.1, 0.15) is 5.82 Å². The van der Waals surface area contributed by atoms with E-state index in [0.717, 1.165) is 43.1 Å². The number of rotatable bonds is 1. The minimum Gasteiger partial charge on any atom is -0.303 e. The molecule has 0 spiro atoms. The Kier molecular flexibility index (Phi) is 3.58. The van der Waals surface area contributed by atoms with E-state index in [1.54, 1.807) is 6.20 Å². The summed E-state index contributed by atoms with van der Waals surface area (Å²) in [4.78, 5) is 26.1. The zero-order valence-corrected chi connectivity index (χ0v) is 13.4. The molecule has 5 heteroatoms. The average molecular weight is 288 g/mol. The third-order valence-electron chi connectivity index (χ3n) is 4.62. The highest BCUT2D eigenvalue weighted by molar-refractivity contribution is 5.98. The third kappa shape index (κ3) is 2.85. The molecule has 5 nitrogen and oxygen atoms in total. The van der Waals surface area contributed by atoms with Crippen LogP contribution >= 0.6 is 0 Å². The van der Waals surface area contributed by atoms with Crippen LogP contribution in [0, 0.1) is 5.41 Å². The summed E-state index contributed by atoms with van der Waals surface area (Å²) >= 11 is 0. The van der Waals surface area contributed by atoms with Gasteiger partial charge in [-0.15, -0.1) is 0 Å². The maximum atomic E-state index is 12.2. The van der Waals surface area contributed by atoms with Gasteiger partial charge in [-0.2, -0.15) is 0 Å². The van der Waals surface area contributed by atoms with Gasteiger partial charge in [-0.3, -0.25) is 9.69 Å². The van der Waals surface area contributed by atoms with E-state index in [-0.39, 0.29) is 17.2 Å². The fourth-order valence-electron chi connectivity index (χ4n) is 3.30. The molecular weight excluding hydrogens is 264 g/mol. The standard InChI is InChI=1S/C16H24N4O/c1-16(2)7-12-11(14(21)8-16)9-17-15(18-12)13-10-19(3)5-6-20(13)4/h9,13H,5-8,10H2,1-4H3. The molecule has 0 aromatic carbocycles. The number of hydrogen-bond donors (Lipinski definition) is 0. The van der Waals surface area contributed by atoms with Gasteiger partial charge in [0, 0.05) is 32.3 Å². The van der Waals surface area contributed by atoms with Gasteiger partial charge >= 0.3 is 0 Å². The summed E-state index contributed by atoms with van der Waals surface area (Å²) in [6.45, 7) is 7.30. The molecule has 0 saturated carbocycles. The zero-order valence-electron chi connectivity index (χ0n) is 13.4. The number of fused-ring (bicyclic) bond motifs is 1. The van der Waals surface area contributed by atoms with Crippen molar-refractivity contribution in [1.29, 1.82) is 0 Å². The lowest BCUT2D eigenvalue weighted by molar-refractivity contribution is 0.0905. The minimum absolute atomic E-state index is 0.00493. The zero-order chi connectivity index (χ0) is 15.2. The van der Waals surface area contributed by atoms with Crippen LogP contribution in [0.25, 0.3) is 0 Å². The monoisotopic (exact) mass is 288 g/mol. The first-order chi connectivity index (χ1) is 9.85. The van der Waals surface area contributed by atoms with Crippen molar-refractivity contribution in [3.63, 3.8) is 0 Å². The number of nitrogens with zero attached hydrogens (tertiary/aromatic N) is 4. The van der Waals surface area contributed by atoms with E-state index in [1.807, 2.05) is 0 Å². The maximum Gasteiger partial charge on any atom is 0.166 e. The normalized spacial score (nSPS) is 26.7. The summed E-state index contributed by atoms with van der Waals surface area (Å²) in [7, 11) is 4.25. The largest absolute Gasteiger partial charge is 0.303 e. The second-order valence-corrected chi connectivity index (χ2v) is 7.29. The van der Waals surface area contributed by atoms with Gasteiger partial charge in [0.2, 0.25) is 0 Å². The number of carbonyl (C=O) groups excluding carboxylic acids is 1. The summed E-state index contributed by atoms with van der Waals surface area (Å²) in [5.74, 6) is 1.04. The SMILES string of the molecule is CN1CCN(C)C(c2ncc3c(n2)CC(C)(C)CC3=O)C1. The van der Waals surface area contributed by atoms with Crippen molar-refractivity contribution in [2.45, 2.75) is 32.7 Å². The fraction of sp³-hybridized carbons (Fsp3) is 0.688. The molecule has 1 aliphatic heterocycles. The molecule has 0 amide bonds. The lowest BCUT2D eigenvalue weighted by Crippen LogP contribution is -2.45. The first-order valence-corrected chi connectivity index (χ1v) is 7.63. The molecule has 1 aromatic rings. The molecule has 114 valence electrons. The van der Waals surface area contributed by atoms with Gasteiger partial charge in [-0.05, 0) is 25.9 Å². The quantitative estimate of drug-likeness (QED) is 0.785. The van der Waals surface area contributed by atoms with E-state index in [1.165, 1.54) is 0 Å². The highest BCUT2D eigenvalue weighted by Gasteiger charge is 2.34. The smallest absolute Gasteiger partial charge is 0.166 e. The fourth-order valence-corrected chi connectivity index (χ4v) is 3.30. The molecule has 0 N–H and O–H groups in total. The van der Waals surface area contributed by atoms with Gasteiger partial charge in [0.25, 0.3) is 0 Å². The van der Waals surface area contributed by atoms with Crippen LogP contribution in [0.3, 0.4) is 0 Å². The van der Waals surface area contributed by atoms with Crippen molar-refractivity contribution in [3.05, 3.63) is 23.3 Å². The summed E-state index contributed by atoms with van der Waals surface area (Å²) in [6.07, 6.45) is 3.20. The lowest BCUT2D eigenvalue weighted by atomic mass is 9.76. The number of hydrogen-bond acceptors (Lipinski definition) is 5. The number of carbonyl (C=O) groups is 1. The summed E-state index contributed by atoms with van der Waals surface area (Å²) in [5.41, 5.74) is 1.66. The van der Waals surface area contributed by atoms with Crippen molar-refractivity contribution >= 4 is 5.78 Å². The van der Waals surface area contributed by atoms with E-state index in [9.17, 15) is 4.79 Å². The Morgan fingerprint density at radius 1 is 1.24 bits per heavy atom. The molecule has 3 rings (SSSR count). The van der Waals surface area contributed by atoms with E-state index < -0.39 is 0 Å². The molecule has 2 aliphatic rings. The molecule has 1 unspecified atom stereocenters. The molecule has 1 atom stereocenters. The molecule has 21 heavy (non-hydrogen) atoms. The Balaban J connectivity index is 1.94. The van der Waals surface area contributed by atoms with Gasteiger partial charge in [-0.25, -0.2) is 9.97 Å². The van der Waals surface area contributed by atoms with E-state index in [4.69, 9.17) is 4.98 Å². The van der Waals surface area contributed by atoms with Crippen LogP contribution in [0.1, 0.15) is 48.2 Å². The Hall–Kier alpha value is -1.33. The number of ketones is 1. The predicted octanol–water partition coefficient (Wildman–Crippen LogP) is 1.55. The van der Waals surface area contributed by atoms with Gasteiger partial charge in [0.15, 0.2) is 5.78 Å². The topological polar surface area (TPSA) is 49.3 Å². The number of likely N-dealkylation sites (N-methyl/N-ethyl adjacent to an activating group) is 2. The van der Waals surface area contributed by atoms with Gasteiger partial charge in [-0.1, -0.05) is 13.8 Å². The molecule has 1 fully saturated rings. The van der Waals surface area contributed by atoms with Crippen LogP contribution in [0.15, 0.2) is 6.20 Å². The molecule has 1 aliphatic carbocycles. The Morgan fingerprint density at radius 3 is 2.76 bits per heavy atom. The third-order valence-corrected chi connectivity index (χ3v) is 4.62. The van der Waals surface area contributed by atoms with Crippen LogP contribution in [0.4, 0.5) is 0 Å². The molecule has 2 heterocycles. The van der Waals surface area contributed by atoms with Crippen molar-refractivity contribution in [2.75, 3.05) is 33.7 Å². The van der Waals surface area contributed by atoms with Crippen molar-refractivity contribution in [3.8, 4) is 0 Å². The van der Waals surface area contributed by atoms with Gasteiger partial charge < -0.3 is 4.90 Å². The molecule has 1 aromatic heterocycles. The van der Waals surface area contributed by atoms with Crippen molar-refractivity contribution in [2.24, 2.45) is 5.41 Å². The molecule has 0 radical (unpaired) electrons. The van der Waals surface area contributed by atoms with Crippen LogP contribution in [-0.4, -0.2) is 59.3 Å². The lowest BCUT2D eigenvalue weighted by Gasteiger charge is -2.37. The number of aromatic nitrogens is 2. The van der Waals surface area contributed by atoms with Gasteiger partial charge in [0.05, 0.1) is 17.3 Å². The van der Waals surface area contributed by atoms with Crippen molar-refractivity contribution in [1.82, 2.24) is 19.8 Å².